The normalized spacial score (nSPS) is 12.5. The molecule has 0 saturated heterocycles. The third kappa shape index (κ3) is 3.42. The summed E-state index contributed by atoms with van der Waals surface area (Å²) < 4.78 is 6.30. The Morgan fingerprint density at radius 1 is 1.33 bits per heavy atom. The van der Waals surface area contributed by atoms with Gasteiger partial charge in [0.05, 0.1) is 17.5 Å². The van der Waals surface area contributed by atoms with Crippen molar-refractivity contribution in [1.82, 2.24) is 9.97 Å². The molecular formula is C16H16BrN3O. The van der Waals surface area contributed by atoms with Crippen molar-refractivity contribution in [3.8, 4) is 0 Å². The number of nitrogens with zero attached hydrogens (tertiary/aromatic N) is 2. The van der Waals surface area contributed by atoms with Crippen LogP contribution in [0.2, 0.25) is 0 Å². The van der Waals surface area contributed by atoms with Gasteiger partial charge in [0.15, 0.2) is 0 Å². The van der Waals surface area contributed by atoms with Crippen LogP contribution in [0.25, 0.3) is 11.0 Å². The van der Waals surface area contributed by atoms with Crippen LogP contribution >= 0.6 is 15.9 Å². The van der Waals surface area contributed by atoms with Gasteiger partial charge in [0.2, 0.25) is 0 Å². The summed E-state index contributed by atoms with van der Waals surface area (Å²) in [6.07, 6.45) is 7.23. The Kier molecular flexibility index (Phi) is 4.20. The van der Waals surface area contributed by atoms with Crippen LogP contribution in [-0.2, 0) is 6.42 Å². The van der Waals surface area contributed by atoms with E-state index in [-0.39, 0.29) is 0 Å². The Labute approximate surface area is 131 Å². The molecule has 0 fully saturated rings. The first kappa shape index (κ1) is 14.1. The SMILES string of the molecule is CC(CCc1ccco1)Nc1ccnc2cc(Br)cnc12. The Hall–Kier alpha value is -1.88. The lowest BCUT2D eigenvalue weighted by Gasteiger charge is -2.15. The van der Waals surface area contributed by atoms with E-state index >= 15 is 0 Å². The number of hydrogen-bond acceptors (Lipinski definition) is 4. The van der Waals surface area contributed by atoms with E-state index in [0.717, 1.165) is 39.8 Å². The van der Waals surface area contributed by atoms with Crippen LogP contribution in [0.5, 0.6) is 0 Å². The molecular weight excluding hydrogens is 330 g/mol. The van der Waals surface area contributed by atoms with Crippen LogP contribution in [0.15, 0.2) is 51.8 Å². The van der Waals surface area contributed by atoms with Gasteiger partial charge in [0.1, 0.15) is 11.3 Å². The van der Waals surface area contributed by atoms with E-state index in [1.165, 1.54) is 0 Å². The summed E-state index contributed by atoms with van der Waals surface area (Å²) in [5.74, 6) is 1.02. The number of aromatic nitrogens is 2. The summed E-state index contributed by atoms with van der Waals surface area (Å²) in [6.45, 7) is 2.16. The summed E-state index contributed by atoms with van der Waals surface area (Å²) >= 11 is 3.42. The molecule has 3 rings (SSSR count). The van der Waals surface area contributed by atoms with Crippen molar-refractivity contribution in [3.63, 3.8) is 0 Å². The van der Waals surface area contributed by atoms with Crippen molar-refractivity contribution >= 4 is 32.7 Å². The molecule has 0 spiro atoms. The molecule has 0 saturated carbocycles. The van der Waals surface area contributed by atoms with E-state index in [4.69, 9.17) is 4.42 Å². The predicted molar refractivity (Wildman–Crippen MR) is 87.4 cm³/mol. The van der Waals surface area contributed by atoms with E-state index in [0.29, 0.717) is 6.04 Å². The lowest BCUT2D eigenvalue weighted by molar-refractivity contribution is 0.495. The molecule has 21 heavy (non-hydrogen) atoms. The number of nitrogens with one attached hydrogen (secondary N) is 1. The molecule has 0 aliphatic heterocycles. The fourth-order valence-corrected chi connectivity index (χ4v) is 2.59. The van der Waals surface area contributed by atoms with Crippen molar-refractivity contribution < 1.29 is 4.42 Å². The third-order valence-electron chi connectivity index (χ3n) is 3.35. The minimum Gasteiger partial charge on any atom is -0.469 e. The monoisotopic (exact) mass is 345 g/mol. The lowest BCUT2D eigenvalue weighted by Crippen LogP contribution is -2.16. The van der Waals surface area contributed by atoms with Crippen LogP contribution in [-0.4, -0.2) is 16.0 Å². The first-order valence-electron chi connectivity index (χ1n) is 6.91. The zero-order valence-electron chi connectivity index (χ0n) is 11.7. The molecule has 0 radical (unpaired) electrons. The van der Waals surface area contributed by atoms with Gasteiger partial charge < -0.3 is 9.73 Å². The maximum absolute atomic E-state index is 5.36. The average molecular weight is 346 g/mol. The minimum absolute atomic E-state index is 0.325. The second-order valence-electron chi connectivity index (χ2n) is 5.04. The Morgan fingerprint density at radius 2 is 2.24 bits per heavy atom. The molecule has 4 nitrogen and oxygen atoms in total. The first-order chi connectivity index (χ1) is 10.2. The van der Waals surface area contributed by atoms with E-state index in [1.54, 1.807) is 18.7 Å². The van der Waals surface area contributed by atoms with Crippen molar-refractivity contribution in [2.75, 3.05) is 5.32 Å². The van der Waals surface area contributed by atoms with E-state index in [9.17, 15) is 0 Å². The highest BCUT2D eigenvalue weighted by atomic mass is 79.9. The largest absolute Gasteiger partial charge is 0.469 e. The van der Waals surface area contributed by atoms with Crippen molar-refractivity contribution in [2.45, 2.75) is 25.8 Å². The summed E-state index contributed by atoms with van der Waals surface area (Å²) in [4.78, 5) is 8.80. The molecule has 0 aliphatic carbocycles. The Morgan fingerprint density at radius 3 is 3.05 bits per heavy atom. The van der Waals surface area contributed by atoms with Gasteiger partial charge in [-0.3, -0.25) is 9.97 Å². The molecule has 3 aromatic heterocycles. The number of hydrogen-bond donors (Lipinski definition) is 1. The summed E-state index contributed by atoms with van der Waals surface area (Å²) in [6, 6.07) is 8.19. The molecule has 5 heteroatoms. The highest BCUT2D eigenvalue weighted by molar-refractivity contribution is 9.10. The van der Waals surface area contributed by atoms with Crippen molar-refractivity contribution in [3.05, 3.63) is 53.2 Å². The number of furan rings is 1. The standard InChI is InChI=1S/C16H16BrN3O/c1-11(4-5-13-3-2-8-21-13)20-14-6-7-18-15-9-12(17)10-19-16(14)15/h2-3,6-11H,4-5H2,1H3,(H,18,20). The van der Waals surface area contributed by atoms with Crippen LogP contribution in [0.1, 0.15) is 19.1 Å². The molecule has 108 valence electrons. The van der Waals surface area contributed by atoms with Crippen LogP contribution in [0, 0.1) is 0 Å². The summed E-state index contributed by atoms with van der Waals surface area (Å²) in [7, 11) is 0. The molecule has 0 aliphatic rings. The minimum atomic E-state index is 0.325. The van der Waals surface area contributed by atoms with Gasteiger partial charge >= 0.3 is 0 Å². The van der Waals surface area contributed by atoms with Gasteiger partial charge in [0.25, 0.3) is 0 Å². The van der Waals surface area contributed by atoms with Gasteiger partial charge in [-0.15, -0.1) is 0 Å². The maximum atomic E-state index is 5.36. The van der Waals surface area contributed by atoms with E-state index in [2.05, 4.69) is 38.1 Å². The zero-order chi connectivity index (χ0) is 14.7. The molecule has 0 aromatic carbocycles. The Balaban J connectivity index is 1.72. The smallest absolute Gasteiger partial charge is 0.112 e. The second-order valence-corrected chi connectivity index (χ2v) is 5.96. The fourth-order valence-electron chi connectivity index (χ4n) is 2.27. The van der Waals surface area contributed by atoms with Crippen LogP contribution in [0.3, 0.4) is 0 Å². The first-order valence-corrected chi connectivity index (χ1v) is 7.71. The molecule has 1 N–H and O–H groups in total. The molecule has 3 aromatic rings. The van der Waals surface area contributed by atoms with Crippen LogP contribution < -0.4 is 5.32 Å². The number of halogens is 1. The highest BCUT2D eigenvalue weighted by Gasteiger charge is 2.08. The fraction of sp³-hybridized carbons (Fsp3) is 0.250. The van der Waals surface area contributed by atoms with Crippen molar-refractivity contribution in [2.24, 2.45) is 0 Å². The third-order valence-corrected chi connectivity index (χ3v) is 3.78. The Bertz CT molecular complexity index is 727. The lowest BCUT2D eigenvalue weighted by atomic mass is 10.1. The molecule has 0 bridgehead atoms. The zero-order valence-corrected chi connectivity index (χ0v) is 13.3. The van der Waals surface area contributed by atoms with Crippen molar-refractivity contribution in [1.29, 1.82) is 0 Å². The number of aryl methyl sites for hydroxylation is 1. The highest BCUT2D eigenvalue weighted by Crippen LogP contribution is 2.23. The van der Waals surface area contributed by atoms with Gasteiger partial charge in [-0.2, -0.15) is 0 Å². The van der Waals surface area contributed by atoms with Gasteiger partial charge in [0, 0.05) is 29.3 Å². The molecule has 1 atom stereocenters. The second kappa shape index (κ2) is 6.26. The molecule has 3 heterocycles. The predicted octanol–water partition coefficient (Wildman–Crippen LogP) is 4.42. The van der Waals surface area contributed by atoms with Gasteiger partial charge in [-0.05, 0) is 53.5 Å². The number of anilines is 1. The quantitative estimate of drug-likeness (QED) is 0.743. The number of pyridine rings is 2. The summed E-state index contributed by atoms with van der Waals surface area (Å²) in [5, 5.41) is 3.51. The summed E-state index contributed by atoms with van der Waals surface area (Å²) in [5.41, 5.74) is 2.79. The molecule has 0 amide bonds. The topological polar surface area (TPSA) is 51.0 Å². The van der Waals surface area contributed by atoms with E-state index in [1.807, 2.05) is 24.3 Å². The van der Waals surface area contributed by atoms with Crippen LogP contribution in [0.4, 0.5) is 5.69 Å². The molecule has 1 unspecified atom stereocenters. The average Bonchev–Trinajstić information content (AvgIpc) is 2.98. The number of fused-ring (bicyclic) bond motifs is 1. The maximum Gasteiger partial charge on any atom is 0.112 e. The van der Waals surface area contributed by atoms with Gasteiger partial charge in [-0.1, -0.05) is 0 Å². The number of rotatable bonds is 5. The van der Waals surface area contributed by atoms with E-state index < -0.39 is 0 Å². The van der Waals surface area contributed by atoms with Gasteiger partial charge in [-0.25, -0.2) is 0 Å².